The molecule has 0 spiro atoms. The maximum Gasteiger partial charge on any atom is 0.317 e. The maximum absolute atomic E-state index is 12.1. The van der Waals surface area contributed by atoms with E-state index in [2.05, 4.69) is 10.2 Å². The van der Waals surface area contributed by atoms with E-state index in [1.54, 1.807) is 18.9 Å². The van der Waals surface area contributed by atoms with Crippen molar-refractivity contribution < 1.29 is 9.90 Å². The van der Waals surface area contributed by atoms with E-state index in [9.17, 15) is 9.90 Å². The Morgan fingerprint density at radius 2 is 2.18 bits per heavy atom. The Morgan fingerprint density at radius 3 is 2.82 bits per heavy atom. The highest BCUT2D eigenvalue weighted by molar-refractivity contribution is 6.30. The van der Waals surface area contributed by atoms with Crippen molar-refractivity contribution in [1.82, 2.24) is 10.2 Å². The number of anilines is 1. The van der Waals surface area contributed by atoms with Crippen LogP contribution in [0.15, 0.2) is 24.3 Å². The van der Waals surface area contributed by atoms with E-state index < -0.39 is 0 Å². The van der Waals surface area contributed by atoms with Crippen LogP contribution in [0.5, 0.6) is 0 Å². The van der Waals surface area contributed by atoms with Gasteiger partial charge in [0.2, 0.25) is 0 Å². The normalized spacial score (nSPS) is 19.1. The summed E-state index contributed by atoms with van der Waals surface area (Å²) < 4.78 is 0. The number of hydrogen-bond donors (Lipinski definition) is 2. The summed E-state index contributed by atoms with van der Waals surface area (Å²) in [6, 6.07) is 7.84. The van der Waals surface area contributed by atoms with E-state index in [0.717, 1.165) is 30.2 Å². The van der Waals surface area contributed by atoms with E-state index in [1.807, 2.05) is 24.3 Å². The van der Waals surface area contributed by atoms with E-state index in [0.29, 0.717) is 13.0 Å². The molecule has 0 saturated carbocycles. The standard InChI is InChI=1S/C16H24ClN3O2/c1-12(21)7-9-19(2)16(22)18-14-8-10-20(11-14)15-5-3-13(17)4-6-15/h3-6,12,14,21H,7-11H2,1-2H3,(H,18,22). The lowest BCUT2D eigenvalue weighted by atomic mass is 10.2. The van der Waals surface area contributed by atoms with Gasteiger partial charge in [-0.25, -0.2) is 4.79 Å². The van der Waals surface area contributed by atoms with Crippen LogP contribution in [0, 0.1) is 0 Å². The van der Waals surface area contributed by atoms with Crippen LogP contribution in [-0.2, 0) is 0 Å². The molecule has 5 nitrogen and oxygen atoms in total. The molecule has 1 aromatic rings. The molecular weight excluding hydrogens is 302 g/mol. The van der Waals surface area contributed by atoms with Crippen LogP contribution in [-0.4, -0.2) is 54.9 Å². The van der Waals surface area contributed by atoms with Gasteiger partial charge < -0.3 is 20.2 Å². The van der Waals surface area contributed by atoms with Crippen molar-refractivity contribution in [2.45, 2.75) is 31.9 Å². The molecule has 2 unspecified atom stereocenters. The molecule has 6 heteroatoms. The molecule has 0 bridgehead atoms. The Balaban J connectivity index is 1.80. The molecule has 2 N–H and O–H groups in total. The number of hydrogen-bond acceptors (Lipinski definition) is 3. The van der Waals surface area contributed by atoms with Gasteiger partial charge >= 0.3 is 6.03 Å². The molecule has 1 heterocycles. The van der Waals surface area contributed by atoms with Gasteiger partial charge in [-0.15, -0.1) is 0 Å². The molecule has 1 saturated heterocycles. The molecule has 2 rings (SSSR count). The number of carbonyl (C=O) groups excluding carboxylic acids is 1. The Kier molecular flexibility index (Phi) is 5.91. The van der Waals surface area contributed by atoms with Crippen molar-refractivity contribution in [1.29, 1.82) is 0 Å². The number of carbonyl (C=O) groups is 1. The summed E-state index contributed by atoms with van der Waals surface area (Å²) in [5, 5.41) is 13.1. The second-order valence-electron chi connectivity index (χ2n) is 5.92. The number of benzene rings is 1. The Bertz CT molecular complexity index is 493. The van der Waals surface area contributed by atoms with Crippen LogP contribution in [0.3, 0.4) is 0 Å². The lowest BCUT2D eigenvalue weighted by molar-refractivity contribution is 0.162. The minimum Gasteiger partial charge on any atom is -0.393 e. The van der Waals surface area contributed by atoms with Gasteiger partial charge in [-0.2, -0.15) is 0 Å². The second-order valence-corrected chi connectivity index (χ2v) is 6.35. The van der Waals surface area contributed by atoms with Crippen LogP contribution in [0.1, 0.15) is 19.8 Å². The zero-order valence-electron chi connectivity index (χ0n) is 13.1. The first kappa shape index (κ1) is 16.9. The molecule has 2 atom stereocenters. The van der Waals surface area contributed by atoms with Crippen LogP contribution in [0.2, 0.25) is 5.02 Å². The number of urea groups is 1. The van der Waals surface area contributed by atoms with Gasteiger partial charge in [0.25, 0.3) is 0 Å². The third-order valence-corrected chi connectivity index (χ3v) is 4.19. The molecule has 122 valence electrons. The van der Waals surface area contributed by atoms with Crippen LogP contribution < -0.4 is 10.2 Å². The highest BCUT2D eigenvalue weighted by Gasteiger charge is 2.25. The molecule has 22 heavy (non-hydrogen) atoms. The lowest BCUT2D eigenvalue weighted by Gasteiger charge is -2.22. The Labute approximate surface area is 136 Å². The molecular formula is C16H24ClN3O2. The summed E-state index contributed by atoms with van der Waals surface area (Å²) in [5.74, 6) is 0. The van der Waals surface area contributed by atoms with Crippen molar-refractivity contribution in [3.8, 4) is 0 Å². The fourth-order valence-electron chi connectivity index (χ4n) is 2.53. The van der Waals surface area contributed by atoms with Gasteiger partial charge in [0.1, 0.15) is 0 Å². The fourth-order valence-corrected chi connectivity index (χ4v) is 2.66. The van der Waals surface area contributed by atoms with E-state index in [-0.39, 0.29) is 18.2 Å². The third-order valence-electron chi connectivity index (χ3n) is 3.94. The highest BCUT2D eigenvalue weighted by atomic mass is 35.5. The first-order valence-electron chi connectivity index (χ1n) is 7.66. The quantitative estimate of drug-likeness (QED) is 0.873. The zero-order chi connectivity index (χ0) is 16.1. The van der Waals surface area contributed by atoms with Crippen molar-refractivity contribution in [2.75, 3.05) is 31.6 Å². The summed E-state index contributed by atoms with van der Waals surface area (Å²) in [7, 11) is 1.75. The SMILES string of the molecule is CC(O)CCN(C)C(=O)NC1CCN(c2ccc(Cl)cc2)C1. The van der Waals surface area contributed by atoms with E-state index in [1.165, 1.54) is 0 Å². The number of aliphatic hydroxyl groups is 1. The average molecular weight is 326 g/mol. The number of nitrogens with one attached hydrogen (secondary N) is 1. The minimum atomic E-state index is -0.387. The number of rotatable bonds is 5. The van der Waals surface area contributed by atoms with Crippen LogP contribution in [0.25, 0.3) is 0 Å². The summed E-state index contributed by atoms with van der Waals surface area (Å²) in [6.45, 7) is 4.01. The molecule has 0 aromatic heterocycles. The summed E-state index contributed by atoms with van der Waals surface area (Å²) in [6.07, 6.45) is 1.13. The molecule has 1 aromatic carbocycles. The molecule has 2 amide bonds. The first-order valence-corrected chi connectivity index (χ1v) is 8.03. The van der Waals surface area contributed by atoms with Gasteiger partial charge in [-0.05, 0) is 44.0 Å². The third kappa shape index (κ3) is 4.78. The number of halogens is 1. The van der Waals surface area contributed by atoms with Gasteiger partial charge in [-0.1, -0.05) is 11.6 Å². The summed E-state index contributed by atoms with van der Waals surface area (Å²) in [5.41, 5.74) is 1.13. The van der Waals surface area contributed by atoms with Gasteiger partial charge in [0.05, 0.1) is 6.10 Å². The van der Waals surface area contributed by atoms with Crippen molar-refractivity contribution in [3.05, 3.63) is 29.3 Å². The van der Waals surface area contributed by atoms with Crippen molar-refractivity contribution in [3.63, 3.8) is 0 Å². The number of amides is 2. The van der Waals surface area contributed by atoms with Gasteiger partial charge in [0, 0.05) is 43.4 Å². The lowest BCUT2D eigenvalue weighted by Crippen LogP contribution is -2.44. The molecule has 1 fully saturated rings. The first-order chi connectivity index (χ1) is 10.5. The minimum absolute atomic E-state index is 0.0800. The Hall–Kier alpha value is -1.46. The zero-order valence-corrected chi connectivity index (χ0v) is 13.9. The highest BCUT2D eigenvalue weighted by Crippen LogP contribution is 2.22. The molecule has 1 aliphatic rings. The molecule has 0 radical (unpaired) electrons. The van der Waals surface area contributed by atoms with E-state index >= 15 is 0 Å². The molecule has 1 aliphatic heterocycles. The van der Waals surface area contributed by atoms with E-state index in [4.69, 9.17) is 11.6 Å². The maximum atomic E-state index is 12.1. The van der Waals surface area contributed by atoms with Crippen LogP contribution in [0.4, 0.5) is 10.5 Å². The average Bonchev–Trinajstić information content (AvgIpc) is 2.93. The largest absolute Gasteiger partial charge is 0.393 e. The second kappa shape index (κ2) is 7.70. The number of nitrogens with zero attached hydrogens (tertiary/aromatic N) is 2. The van der Waals surface area contributed by atoms with Gasteiger partial charge in [0.15, 0.2) is 0 Å². The Morgan fingerprint density at radius 1 is 1.50 bits per heavy atom. The van der Waals surface area contributed by atoms with Crippen LogP contribution >= 0.6 is 11.6 Å². The van der Waals surface area contributed by atoms with Crippen molar-refractivity contribution in [2.24, 2.45) is 0 Å². The predicted molar refractivity (Wildman–Crippen MR) is 89.5 cm³/mol. The topological polar surface area (TPSA) is 55.8 Å². The summed E-state index contributed by atoms with van der Waals surface area (Å²) >= 11 is 5.90. The predicted octanol–water partition coefficient (Wildman–Crippen LogP) is 2.33. The van der Waals surface area contributed by atoms with Crippen molar-refractivity contribution >= 4 is 23.3 Å². The fraction of sp³-hybridized carbons (Fsp3) is 0.562. The van der Waals surface area contributed by atoms with Gasteiger partial charge in [-0.3, -0.25) is 0 Å². The smallest absolute Gasteiger partial charge is 0.317 e. The monoisotopic (exact) mass is 325 g/mol. The number of aliphatic hydroxyl groups excluding tert-OH is 1. The summed E-state index contributed by atoms with van der Waals surface area (Å²) in [4.78, 5) is 16.0. The molecule has 0 aliphatic carbocycles.